The summed E-state index contributed by atoms with van der Waals surface area (Å²) in [6, 6.07) is 13.0. The van der Waals surface area contributed by atoms with Gasteiger partial charge in [0.1, 0.15) is 11.3 Å². The molecule has 2 aromatic carbocycles. The van der Waals surface area contributed by atoms with Crippen molar-refractivity contribution in [3.63, 3.8) is 0 Å². The molecule has 0 radical (unpaired) electrons. The summed E-state index contributed by atoms with van der Waals surface area (Å²) in [7, 11) is 3.93. The van der Waals surface area contributed by atoms with Crippen LogP contribution in [0.4, 0.5) is 9.52 Å². The molecule has 0 unspecified atom stereocenters. The molecule has 4 nitrogen and oxygen atoms in total. The highest BCUT2D eigenvalue weighted by Crippen LogP contribution is 2.31. The predicted molar refractivity (Wildman–Crippen MR) is 122 cm³/mol. The first-order valence-electron chi connectivity index (χ1n) is 9.59. The number of likely N-dealkylation sites (N-methyl/N-ethyl adjacent to an activating group) is 1. The van der Waals surface area contributed by atoms with Gasteiger partial charge in [-0.3, -0.25) is 9.69 Å². The normalized spacial score (nSPS) is 11.6. The van der Waals surface area contributed by atoms with E-state index in [1.165, 1.54) is 22.3 Å². The fraction of sp³-hybridized carbons (Fsp3) is 0.364. The number of thiazole rings is 1. The van der Waals surface area contributed by atoms with Crippen LogP contribution in [0, 0.1) is 5.82 Å². The van der Waals surface area contributed by atoms with Crippen molar-refractivity contribution in [2.24, 2.45) is 0 Å². The zero-order valence-electron chi connectivity index (χ0n) is 17.2. The van der Waals surface area contributed by atoms with Crippen LogP contribution in [0.1, 0.15) is 19.4 Å². The number of halogens is 1. The molecule has 0 N–H and O–H groups in total. The maximum Gasteiger partial charge on any atom is 0.233 e. The Morgan fingerprint density at radius 3 is 2.48 bits per heavy atom. The van der Waals surface area contributed by atoms with Crippen LogP contribution in [0.15, 0.2) is 47.4 Å². The van der Waals surface area contributed by atoms with Crippen LogP contribution in [0.2, 0.25) is 0 Å². The Morgan fingerprint density at radius 1 is 1.14 bits per heavy atom. The van der Waals surface area contributed by atoms with Gasteiger partial charge < -0.3 is 4.90 Å². The van der Waals surface area contributed by atoms with E-state index in [0.717, 1.165) is 10.3 Å². The number of hydrogen-bond donors (Lipinski definition) is 0. The highest BCUT2D eigenvalue weighted by Gasteiger charge is 2.21. The minimum atomic E-state index is -0.358. The fourth-order valence-corrected chi connectivity index (χ4v) is 4.73. The largest absolute Gasteiger partial charge is 0.308 e. The molecular weight excluding hydrogens is 405 g/mol. The zero-order chi connectivity index (χ0) is 21.0. The summed E-state index contributed by atoms with van der Waals surface area (Å²) in [4.78, 5) is 22.4. The topological polar surface area (TPSA) is 36.4 Å². The van der Waals surface area contributed by atoms with Crippen molar-refractivity contribution >= 4 is 44.4 Å². The zero-order valence-corrected chi connectivity index (χ0v) is 18.8. The van der Waals surface area contributed by atoms with Gasteiger partial charge in [0.2, 0.25) is 5.91 Å². The quantitative estimate of drug-likeness (QED) is 0.467. The number of carbonyl (C=O) groups is 1. The molecule has 7 heteroatoms. The second-order valence-corrected chi connectivity index (χ2v) is 10.1. The number of nitrogens with zero attached hydrogens (tertiary/aromatic N) is 3. The first-order chi connectivity index (χ1) is 13.8. The summed E-state index contributed by atoms with van der Waals surface area (Å²) in [6.07, 6.45) is 0.290. The fourth-order valence-electron chi connectivity index (χ4n) is 2.87. The number of para-hydroxylation sites is 1. The van der Waals surface area contributed by atoms with Gasteiger partial charge in [-0.1, -0.05) is 43.4 Å². The molecule has 3 rings (SSSR count). The van der Waals surface area contributed by atoms with Gasteiger partial charge in [-0.15, -0.1) is 11.8 Å². The van der Waals surface area contributed by atoms with Crippen molar-refractivity contribution in [3.05, 3.63) is 53.8 Å². The smallest absolute Gasteiger partial charge is 0.233 e. The molecule has 0 saturated carbocycles. The van der Waals surface area contributed by atoms with Crippen molar-refractivity contribution < 1.29 is 9.18 Å². The maximum atomic E-state index is 14.1. The lowest BCUT2D eigenvalue weighted by molar-refractivity contribution is -0.118. The Balaban J connectivity index is 1.81. The number of benzene rings is 2. The first kappa shape index (κ1) is 21.7. The second-order valence-electron chi connectivity index (χ2n) is 7.42. The van der Waals surface area contributed by atoms with Gasteiger partial charge >= 0.3 is 0 Å². The van der Waals surface area contributed by atoms with E-state index in [1.807, 2.05) is 37.2 Å². The van der Waals surface area contributed by atoms with E-state index in [9.17, 15) is 9.18 Å². The van der Waals surface area contributed by atoms with Gasteiger partial charge in [-0.05, 0) is 43.9 Å². The molecule has 1 heterocycles. The Kier molecular flexibility index (Phi) is 7.27. The number of amides is 1. The van der Waals surface area contributed by atoms with Crippen LogP contribution in [0.25, 0.3) is 10.2 Å². The number of rotatable bonds is 8. The minimum absolute atomic E-state index is 0.0319. The minimum Gasteiger partial charge on any atom is -0.308 e. The average Bonchev–Trinajstić information content (AvgIpc) is 3.08. The van der Waals surface area contributed by atoms with Crippen molar-refractivity contribution in [1.29, 1.82) is 0 Å². The number of thioether (sulfide) groups is 1. The lowest BCUT2D eigenvalue weighted by atomic mass is 10.1. The maximum absolute atomic E-state index is 14.1. The molecule has 0 saturated heterocycles. The molecule has 1 aromatic heterocycles. The number of anilines is 1. The molecule has 29 heavy (non-hydrogen) atoms. The summed E-state index contributed by atoms with van der Waals surface area (Å²) in [6.45, 7) is 5.53. The van der Waals surface area contributed by atoms with Gasteiger partial charge in [-0.2, -0.15) is 0 Å². The van der Waals surface area contributed by atoms with Crippen LogP contribution in [-0.4, -0.2) is 48.2 Å². The third-order valence-electron chi connectivity index (χ3n) is 4.31. The lowest BCUT2D eigenvalue weighted by Gasteiger charge is -2.22. The Bertz CT molecular complexity index is 970. The molecule has 0 spiro atoms. The van der Waals surface area contributed by atoms with Gasteiger partial charge in [0, 0.05) is 23.2 Å². The molecule has 0 aliphatic carbocycles. The molecular formula is C22H26FN3OS2. The van der Waals surface area contributed by atoms with Gasteiger partial charge in [0.15, 0.2) is 5.13 Å². The van der Waals surface area contributed by atoms with E-state index >= 15 is 0 Å². The number of fused-ring (bicyclic) bond motifs is 1. The summed E-state index contributed by atoms with van der Waals surface area (Å²) >= 11 is 3.15. The van der Waals surface area contributed by atoms with E-state index < -0.39 is 0 Å². The standard InChI is InChI=1S/C22H26FN3OS2/c1-15(2)28-17-10-8-16(9-11-17)14-20(27)26(13-12-25(3)4)22-24-21-18(23)6-5-7-19(21)29-22/h5-11,15H,12-14H2,1-4H3. The molecule has 0 aliphatic rings. The predicted octanol–water partition coefficient (Wildman–Crippen LogP) is 5.07. The Labute approximate surface area is 179 Å². The van der Waals surface area contributed by atoms with E-state index in [2.05, 4.69) is 31.0 Å². The van der Waals surface area contributed by atoms with Crippen LogP contribution >= 0.6 is 23.1 Å². The third-order valence-corrected chi connectivity index (χ3v) is 6.37. The highest BCUT2D eigenvalue weighted by atomic mass is 32.2. The molecule has 154 valence electrons. The summed E-state index contributed by atoms with van der Waals surface area (Å²) in [5, 5.41) is 1.06. The van der Waals surface area contributed by atoms with Crippen molar-refractivity contribution in [2.75, 3.05) is 32.1 Å². The number of carbonyl (C=O) groups excluding carboxylic acids is 1. The van der Waals surface area contributed by atoms with E-state index in [1.54, 1.807) is 22.7 Å². The molecule has 0 atom stereocenters. The SMILES string of the molecule is CC(C)Sc1ccc(CC(=O)N(CCN(C)C)c2nc3c(F)cccc3s2)cc1. The lowest BCUT2D eigenvalue weighted by Crippen LogP contribution is -2.37. The second kappa shape index (κ2) is 9.69. The number of hydrogen-bond acceptors (Lipinski definition) is 5. The van der Waals surface area contributed by atoms with Crippen LogP contribution < -0.4 is 4.90 Å². The van der Waals surface area contributed by atoms with Gasteiger partial charge in [0.25, 0.3) is 0 Å². The van der Waals surface area contributed by atoms with Crippen LogP contribution in [0.3, 0.4) is 0 Å². The van der Waals surface area contributed by atoms with Gasteiger partial charge in [-0.25, -0.2) is 9.37 Å². The number of aromatic nitrogens is 1. The summed E-state index contributed by atoms with van der Waals surface area (Å²) in [5.74, 6) is -0.390. The molecule has 3 aromatic rings. The molecule has 0 fully saturated rings. The molecule has 1 amide bonds. The van der Waals surface area contributed by atoms with E-state index in [-0.39, 0.29) is 11.7 Å². The van der Waals surface area contributed by atoms with Crippen LogP contribution in [0.5, 0.6) is 0 Å². The average molecular weight is 432 g/mol. The summed E-state index contributed by atoms with van der Waals surface area (Å²) in [5.41, 5.74) is 1.29. The molecule has 0 aliphatic heterocycles. The van der Waals surface area contributed by atoms with Crippen molar-refractivity contribution in [2.45, 2.75) is 30.4 Å². The van der Waals surface area contributed by atoms with Crippen LogP contribution in [-0.2, 0) is 11.2 Å². The first-order valence-corrected chi connectivity index (χ1v) is 11.3. The molecule has 0 bridgehead atoms. The monoisotopic (exact) mass is 431 g/mol. The van der Waals surface area contributed by atoms with E-state index in [4.69, 9.17) is 0 Å². The Hall–Kier alpha value is -1.96. The van der Waals surface area contributed by atoms with E-state index in [0.29, 0.717) is 35.4 Å². The van der Waals surface area contributed by atoms with Gasteiger partial charge in [0.05, 0.1) is 11.1 Å². The highest BCUT2D eigenvalue weighted by molar-refractivity contribution is 7.99. The van der Waals surface area contributed by atoms with Crippen molar-refractivity contribution in [3.8, 4) is 0 Å². The third kappa shape index (κ3) is 5.78. The summed E-state index contributed by atoms with van der Waals surface area (Å²) < 4.78 is 14.8. The van der Waals surface area contributed by atoms with Crippen molar-refractivity contribution in [1.82, 2.24) is 9.88 Å². The Morgan fingerprint density at radius 2 is 1.86 bits per heavy atom.